The number of rotatable bonds is 4. The molecule has 0 saturated carbocycles. The maximum Gasteiger partial charge on any atom is 0.113 e. The molecule has 0 atom stereocenters. The van der Waals surface area contributed by atoms with Crippen molar-refractivity contribution >= 4 is 35.2 Å². The minimum atomic E-state index is 0.484. The number of hydroxylamine groups is 1. The summed E-state index contributed by atoms with van der Waals surface area (Å²) in [4.78, 5) is 8.89. The molecule has 0 spiro atoms. The molecule has 1 rings (SSSR count). The average Bonchev–Trinajstić information content (AvgIpc) is 2.18. The summed E-state index contributed by atoms with van der Waals surface area (Å²) in [7, 11) is 0. The molecule has 0 fully saturated rings. The normalized spacial score (nSPS) is 10.8. The highest BCUT2D eigenvalue weighted by molar-refractivity contribution is 6.42. The van der Waals surface area contributed by atoms with Gasteiger partial charge in [0, 0.05) is 0 Å². The maximum atomic E-state index is 5.80. The minimum Gasteiger partial charge on any atom is -0.276 e. The van der Waals surface area contributed by atoms with Crippen LogP contribution in [0.25, 0.3) is 0 Å². The summed E-state index contributed by atoms with van der Waals surface area (Å²) < 4.78 is 0. The SMILES string of the molecule is CCONC=Nc1ccc(Cl)c(Cl)c1. The standard InChI is InChI=1S/C9H10Cl2N2O/c1-2-14-13-6-12-7-3-4-8(10)9(11)5-7/h3-6H,2H2,1H3,(H,12,13). The number of hydrogen-bond acceptors (Lipinski definition) is 2. The fraction of sp³-hybridized carbons (Fsp3) is 0.222. The predicted octanol–water partition coefficient (Wildman–Crippen LogP) is 3.19. The van der Waals surface area contributed by atoms with E-state index in [-0.39, 0.29) is 0 Å². The van der Waals surface area contributed by atoms with Crippen molar-refractivity contribution in [3.05, 3.63) is 28.2 Å². The summed E-state index contributed by atoms with van der Waals surface area (Å²) in [6, 6.07) is 5.13. The van der Waals surface area contributed by atoms with Crippen LogP contribution in [0, 0.1) is 0 Å². The zero-order valence-electron chi connectivity index (χ0n) is 7.63. The quantitative estimate of drug-likeness (QED) is 0.375. The molecule has 76 valence electrons. The molecule has 5 heteroatoms. The lowest BCUT2D eigenvalue weighted by Crippen LogP contribution is -2.10. The van der Waals surface area contributed by atoms with Crippen molar-refractivity contribution in [1.29, 1.82) is 0 Å². The number of aliphatic imine (C=N–C) groups is 1. The van der Waals surface area contributed by atoms with Crippen LogP contribution in [0.4, 0.5) is 5.69 Å². The summed E-state index contributed by atoms with van der Waals surface area (Å²) in [5, 5.41) is 1.00. The number of benzene rings is 1. The van der Waals surface area contributed by atoms with E-state index in [9.17, 15) is 0 Å². The van der Waals surface area contributed by atoms with Gasteiger partial charge in [0.15, 0.2) is 0 Å². The van der Waals surface area contributed by atoms with Gasteiger partial charge in [0.05, 0.1) is 22.3 Å². The smallest absolute Gasteiger partial charge is 0.113 e. The summed E-state index contributed by atoms with van der Waals surface area (Å²) in [6.07, 6.45) is 1.45. The fourth-order valence-corrected chi connectivity index (χ4v) is 1.08. The maximum absolute atomic E-state index is 5.80. The third-order valence-electron chi connectivity index (χ3n) is 1.40. The van der Waals surface area contributed by atoms with Crippen molar-refractivity contribution in [1.82, 2.24) is 5.48 Å². The Bertz CT molecular complexity index is 329. The van der Waals surface area contributed by atoms with Crippen molar-refractivity contribution in [2.45, 2.75) is 6.92 Å². The topological polar surface area (TPSA) is 33.6 Å². The van der Waals surface area contributed by atoms with Crippen LogP contribution in [-0.2, 0) is 4.84 Å². The van der Waals surface area contributed by atoms with Gasteiger partial charge in [-0.2, -0.15) is 0 Å². The largest absolute Gasteiger partial charge is 0.276 e. The lowest BCUT2D eigenvalue weighted by molar-refractivity contribution is 0.100. The Morgan fingerprint density at radius 2 is 2.21 bits per heavy atom. The zero-order valence-corrected chi connectivity index (χ0v) is 9.14. The Balaban J connectivity index is 2.59. The molecular formula is C9H10Cl2N2O. The highest BCUT2D eigenvalue weighted by Crippen LogP contribution is 2.26. The van der Waals surface area contributed by atoms with Gasteiger partial charge < -0.3 is 0 Å². The van der Waals surface area contributed by atoms with E-state index in [1.165, 1.54) is 6.34 Å². The molecule has 0 aliphatic heterocycles. The Morgan fingerprint density at radius 3 is 2.86 bits per heavy atom. The molecule has 0 unspecified atom stereocenters. The molecule has 0 radical (unpaired) electrons. The van der Waals surface area contributed by atoms with Gasteiger partial charge in [-0.25, -0.2) is 4.99 Å². The van der Waals surface area contributed by atoms with Crippen molar-refractivity contribution in [2.24, 2.45) is 4.99 Å². The number of nitrogens with zero attached hydrogens (tertiary/aromatic N) is 1. The second-order valence-electron chi connectivity index (χ2n) is 2.41. The van der Waals surface area contributed by atoms with Crippen molar-refractivity contribution in [3.8, 4) is 0 Å². The third-order valence-corrected chi connectivity index (χ3v) is 2.14. The Labute approximate surface area is 92.6 Å². The molecule has 0 bridgehead atoms. The van der Waals surface area contributed by atoms with E-state index in [2.05, 4.69) is 10.5 Å². The molecule has 1 aromatic carbocycles. The fourth-order valence-electron chi connectivity index (χ4n) is 0.787. The van der Waals surface area contributed by atoms with Crippen LogP contribution in [0.5, 0.6) is 0 Å². The summed E-state index contributed by atoms with van der Waals surface area (Å²) >= 11 is 11.5. The number of nitrogens with one attached hydrogen (secondary N) is 1. The molecule has 0 aromatic heterocycles. The van der Waals surface area contributed by atoms with Crippen molar-refractivity contribution < 1.29 is 4.84 Å². The first kappa shape index (κ1) is 11.3. The van der Waals surface area contributed by atoms with Crippen LogP contribution in [0.1, 0.15) is 6.92 Å². The zero-order chi connectivity index (χ0) is 10.4. The Hall–Kier alpha value is -0.770. The molecule has 0 saturated heterocycles. The third kappa shape index (κ3) is 3.54. The average molecular weight is 233 g/mol. The molecule has 1 N–H and O–H groups in total. The molecule has 0 aliphatic carbocycles. The van der Waals surface area contributed by atoms with E-state index in [0.717, 1.165) is 0 Å². The number of halogens is 2. The molecule has 14 heavy (non-hydrogen) atoms. The van der Waals surface area contributed by atoms with Gasteiger partial charge in [-0.1, -0.05) is 23.2 Å². The Morgan fingerprint density at radius 1 is 1.43 bits per heavy atom. The van der Waals surface area contributed by atoms with Crippen LogP contribution < -0.4 is 5.48 Å². The van der Waals surface area contributed by atoms with Crippen molar-refractivity contribution in [2.75, 3.05) is 6.61 Å². The number of hydrogen-bond donors (Lipinski definition) is 1. The monoisotopic (exact) mass is 232 g/mol. The predicted molar refractivity (Wildman–Crippen MR) is 59.4 cm³/mol. The van der Waals surface area contributed by atoms with Gasteiger partial charge in [-0.05, 0) is 25.1 Å². The van der Waals surface area contributed by atoms with Gasteiger partial charge in [0.25, 0.3) is 0 Å². The van der Waals surface area contributed by atoms with Gasteiger partial charge in [0.2, 0.25) is 0 Å². The summed E-state index contributed by atoms with van der Waals surface area (Å²) in [5.74, 6) is 0. The molecular weight excluding hydrogens is 223 g/mol. The van der Waals surface area contributed by atoms with E-state index >= 15 is 0 Å². The van der Waals surface area contributed by atoms with Crippen molar-refractivity contribution in [3.63, 3.8) is 0 Å². The highest BCUT2D eigenvalue weighted by atomic mass is 35.5. The summed E-state index contributed by atoms with van der Waals surface area (Å²) in [6.45, 7) is 2.45. The summed E-state index contributed by atoms with van der Waals surface area (Å²) in [5.41, 5.74) is 3.26. The van der Waals surface area contributed by atoms with Gasteiger partial charge in [0.1, 0.15) is 6.34 Å². The molecule has 1 aromatic rings. The first-order valence-electron chi connectivity index (χ1n) is 4.09. The van der Waals surface area contributed by atoms with E-state index in [1.54, 1.807) is 18.2 Å². The van der Waals surface area contributed by atoms with Gasteiger partial charge in [-0.15, -0.1) is 0 Å². The van der Waals surface area contributed by atoms with E-state index in [0.29, 0.717) is 22.3 Å². The lowest BCUT2D eigenvalue weighted by atomic mass is 10.3. The van der Waals surface area contributed by atoms with Gasteiger partial charge in [-0.3, -0.25) is 10.3 Å². The Kier molecular flexibility index (Phi) is 4.73. The first-order chi connectivity index (χ1) is 6.74. The van der Waals surface area contributed by atoms with E-state index in [4.69, 9.17) is 28.0 Å². The van der Waals surface area contributed by atoms with E-state index < -0.39 is 0 Å². The van der Waals surface area contributed by atoms with Crippen LogP contribution in [0.2, 0.25) is 10.0 Å². The van der Waals surface area contributed by atoms with Gasteiger partial charge >= 0.3 is 0 Å². The van der Waals surface area contributed by atoms with E-state index in [1.807, 2.05) is 6.92 Å². The van der Waals surface area contributed by atoms with Crippen LogP contribution in [0.3, 0.4) is 0 Å². The molecule has 0 heterocycles. The van der Waals surface area contributed by atoms with Crippen LogP contribution in [-0.4, -0.2) is 12.9 Å². The van der Waals surface area contributed by atoms with Crippen LogP contribution >= 0.6 is 23.2 Å². The molecule has 0 aliphatic rings. The van der Waals surface area contributed by atoms with Crippen LogP contribution in [0.15, 0.2) is 23.2 Å². The highest BCUT2D eigenvalue weighted by Gasteiger charge is 1.96. The lowest BCUT2D eigenvalue weighted by Gasteiger charge is -1.98. The molecule has 3 nitrogen and oxygen atoms in total. The second-order valence-corrected chi connectivity index (χ2v) is 3.22. The minimum absolute atomic E-state index is 0.484. The first-order valence-corrected chi connectivity index (χ1v) is 4.84. The second kappa shape index (κ2) is 5.86. The molecule has 0 amide bonds.